The number of carbonyl (C=O) groups excluding carboxylic acids is 1. The fourth-order valence-corrected chi connectivity index (χ4v) is 3.43. The molecule has 138 valence electrons. The van der Waals surface area contributed by atoms with Crippen LogP contribution in [0.3, 0.4) is 0 Å². The maximum atomic E-state index is 12.6. The molecule has 2 heterocycles. The van der Waals surface area contributed by atoms with Crippen molar-refractivity contribution < 1.29 is 22.7 Å². The second-order valence-electron chi connectivity index (χ2n) is 5.51. The zero-order valence-corrected chi connectivity index (χ0v) is 14.8. The highest BCUT2D eigenvalue weighted by atomic mass is 35.5. The lowest BCUT2D eigenvalue weighted by Gasteiger charge is -2.28. The highest BCUT2D eigenvalue weighted by Gasteiger charge is 2.35. The number of nitrogens with zero attached hydrogens (tertiary/aromatic N) is 1. The molecular weight excluding hydrogens is 367 g/mol. The maximum absolute atomic E-state index is 12.6. The van der Waals surface area contributed by atoms with Crippen LogP contribution in [0.1, 0.15) is 42.9 Å². The normalized spacial score (nSPS) is 18.5. The molecule has 1 fully saturated rings. The largest absolute Gasteiger partial charge is 0.434 e. The van der Waals surface area contributed by atoms with E-state index in [0.717, 1.165) is 16.7 Å². The van der Waals surface area contributed by atoms with Crippen LogP contribution in [0.4, 0.5) is 13.2 Å². The molecule has 1 amide bonds. The van der Waals surface area contributed by atoms with Crippen LogP contribution >= 0.6 is 23.7 Å². The van der Waals surface area contributed by atoms with Gasteiger partial charge in [-0.25, -0.2) is 4.98 Å². The van der Waals surface area contributed by atoms with Crippen LogP contribution in [0.2, 0.25) is 0 Å². The molecule has 1 aromatic rings. The third-order valence-electron chi connectivity index (χ3n) is 3.91. The zero-order chi connectivity index (χ0) is 17.0. The van der Waals surface area contributed by atoms with Gasteiger partial charge < -0.3 is 15.8 Å². The van der Waals surface area contributed by atoms with Gasteiger partial charge in [0.1, 0.15) is 5.01 Å². The first-order chi connectivity index (χ1) is 10.8. The molecule has 1 aliphatic heterocycles. The van der Waals surface area contributed by atoms with Gasteiger partial charge in [0.05, 0.1) is 12.1 Å². The van der Waals surface area contributed by atoms with Crippen LogP contribution in [0.15, 0.2) is 5.38 Å². The van der Waals surface area contributed by atoms with Crippen LogP contribution in [-0.2, 0) is 15.7 Å². The number of amides is 1. The Labute approximate surface area is 148 Å². The fraction of sp³-hybridized carbons (Fsp3) is 0.714. The minimum Gasteiger partial charge on any atom is -0.381 e. The second-order valence-corrected chi connectivity index (χ2v) is 6.40. The van der Waals surface area contributed by atoms with Gasteiger partial charge in [0, 0.05) is 18.6 Å². The van der Waals surface area contributed by atoms with Gasteiger partial charge in [0.15, 0.2) is 5.69 Å². The molecule has 24 heavy (non-hydrogen) atoms. The molecule has 1 aromatic heterocycles. The molecule has 0 radical (unpaired) electrons. The maximum Gasteiger partial charge on any atom is 0.434 e. The average Bonchev–Trinajstić information content (AvgIpc) is 3.02. The van der Waals surface area contributed by atoms with Gasteiger partial charge in [-0.05, 0) is 25.2 Å². The number of hydrogen-bond acceptors (Lipinski definition) is 5. The Morgan fingerprint density at radius 2 is 2.12 bits per heavy atom. The predicted octanol–water partition coefficient (Wildman–Crippen LogP) is 2.90. The lowest BCUT2D eigenvalue weighted by Crippen LogP contribution is -2.48. The van der Waals surface area contributed by atoms with Crippen molar-refractivity contribution in [1.82, 2.24) is 10.3 Å². The van der Waals surface area contributed by atoms with Crippen molar-refractivity contribution in [2.45, 2.75) is 44.4 Å². The first kappa shape index (κ1) is 21.1. The summed E-state index contributed by atoms with van der Waals surface area (Å²) in [5.74, 6) is -0.323. The lowest BCUT2D eigenvalue weighted by molar-refractivity contribution is -0.140. The van der Waals surface area contributed by atoms with Gasteiger partial charge in [0.25, 0.3) is 0 Å². The minimum absolute atomic E-state index is 0. The zero-order valence-electron chi connectivity index (χ0n) is 13.1. The Hall–Kier alpha value is -0.900. The number of carbonyl (C=O) groups is 1. The number of nitrogens with two attached hydrogens (primary N) is 1. The molecule has 0 bridgehead atoms. The Morgan fingerprint density at radius 3 is 2.62 bits per heavy atom. The quantitative estimate of drug-likeness (QED) is 0.814. The molecule has 2 atom stereocenters. The molecule has 1 aliphatic rings. The summed E-state index contributed by atoms with van der Waals surface area (Å²) in [7, 11) is 0. The van der Waals surface area contributed by atoms with Gasteiger partial charge in [-0.1, -0.05) is 6.92 Å². The van der Waals surface area contributed by atoms with Crippen molar-refractivity contribution in [3.8, 4) is 0 Å². The molecule has 0 spiro atoms. The molecule has 3 N–H and O–H groups in total. The molecule has 0 aromatic carbocycles. The summed E-state index contributed by atoms with van der Waals surface area (Å²) in [5.41, 5.74) is 5.05. The van der Waals surface area contributed by atoms with Crippen LogP contribution in [0.5, 0.6) is 0 Å². The summed E-state index contributed by atoms with van der Waals surface area (Å²) in [6.45, 7) is 2.92. The highest BCUT2D eigenvalue weighted by Crippen LogP contribution is 2.32. The van der Waals surface area contributed by atoms with Crippen molar-refractivity contribution in [1.29, 1.82) is 0 Å². The molecule has 2 rings (SSSR count). The van der Waals surface area contributed by atoms with E-state index in [4.69, 9.17) is 10.5 Å². The average molecular weight is 388 g/mol. The number of alkyl halides is 3. The van der Waals surface area contributed by atoms with Gasteiger partial charge in [-0.2, -0.15) is 13.2 Å². The number of rotatable bonds is 5. The Bertz CT molecular complexity index is 536. The molecule has 2 unspecified atom stereocenters. The van der Waals surface area contributed by atoms with Gasteiger partial charge in [-0.15, -0.1) is 23.7 Å². The van der Waals surface area contributed by atoms with E-state index >= 15 is 0 Å². The summed E-state index contributed by atoms with van der Waals surface area (Å²) in [6, 6.07) is -1.25. The summed E-state index contributed by atoms with van der Waals surface area (Å²) in [5, 5.41) is 3.92. The smallest absolute Gasteiger partial charge is 0.381 e. The monoisotopic (exact) mass is 387 g/mol. The van der Waals surface area contributed by atoms with Gasteiger partial charge in [0.2, 0.25) is 5.91 Å². The van der Waals surface area contributed by atoms with E-state index in [-0.39, 0.29) is 29.2 Å². The second kappa shape index (κ2) is 8.98. The van der Waals surface area contributed by atoms with E-state index in [9.17, 15) is 18.0 Å². The first-order valence-electron chi connectivity index (χ1n) is 7.49. The van der Waals surface area contributed by atoms with E-state index in [0.29, 0.717) is 32.5 Å². The number of aromatic nitrogens is 1. The number of halogens is 4. The SMILES string of the molecule is CCC(NC(=O)C(N)C1CCOCC1)c1nc(C(F)(F)F)cs1.Cl. The van der Waals surface area contributed by atoms with Crippen LogP contribution in [0, 0.1) is 5.92 Å². The summed E-state index contributed by atoms with van der Waals surface area (Å²) < 4.78 is 43.1. The summed E-state index contributed by atoms with van der Waals surface area (Å²) in [4.78, 5) is 15.9. The number of nitrogens with one attached hydrogen (secondary N) is 1. The Morgan fingerprint density at radius 1 is 1.50 bits per heavy atom. The van der Waals surface area contributed by atoms with Crippen molar-refractivity contribution >= 4 is 29.7 Å². The number of thiazole rings is 1. The highest BCUT2D eigenvalue weighted by molar-refractivity contribution is 7.09. The van der Waals surface area contributed by atoms with Crippen LogP contribution in [0.25, 0.3) is 0 Å². The molecule has 5 nitrogen and oxygen atoms in total. The van der Waals surface area contributed by atoms with E-state index in [1.807, 2.05) is 0 Å². The standard InChI is InChI=1S/C14H20F3N3O2S.ClH/c1-2-9(13-20-10(7-23-13)14(15,16)17)19-12(21)11(18)8-3-5-22-6-4-8;/h7-9,11H,2-6,18H2,1H3,(H,19,21);1H. The number of ether oxygens (including phenoxy) is 1. The van der Waals surface area contributed by atoms with Crippen molar-refractivity contribution in [3.63, 3.8) is 0 Å². The molecule has 0 aliphatic carbocycles. The molecule has 1 saturated heterocycles. The number of hydrogen-bond donors (Lipinski definition) is 2. The Balaban J connectivity index is 0.00000288. The van der Waals surface area contributed by atoms with E-state index in [1.54, 1.807) is 6.92 Å². The van der Waals surface area contributed by atoms with Crippen LogP contribution < -0.4 is 11.1 Å². The predicted molar refractivity (Wildman–Crippen MR) is 87.1 cm³/mol. The van der Waals surface area contributed by atoms with Gasteiger partial charge in [-0.3, -0.25) is 4.79 Å². The molecule has 0 saturated carbocycles. The third kappa shape index (κ3) is 5.30. The third-order valence-corrected chi connectivity index (χ3v) is 4.87. The lowest BCUT2D eigenvalue weighted by atomic mass is 9.91. The summed E-state index contributed by atoms with van der Waals surface area (Å²) >= 11 is 0.892. The Kier molecular flexibility index (Phi) is 7.91. The van der Waals surface area contributed by atoms with Gasteiger partial charge >= 0.3 is 6.18 Å². The summed E-state index contributed by atoms with van der Waals surface area (Å²) in [6.07, 6.45) is -2.62. The van der Waals surface area contributed by atoms with Crippen LogP contribution in [-0.4, -0.2) is 30.1 Å². The molecular formula is C14H21ClF3N3O2S. The molecule has 10 heteroatoms. The first-order valence-corrected chi connectivity index (χ1v) is 8.37. The van der Waals surface area contributed by atoms with Crippen molar-refractivity contribution in [3.05, 3.63) is 16.1 Å². The topological polar surface area (TPSA) is 77.2 Å². The van der Waals surface area contributed by atoms with E-state index < -0.39 is 24.0 Å². The fourth-order valence-electron chi connectivity index (χ4n) is 2.47. The van der Waals surface area contributed by atoms with E-state index in [2.05, 4.69) is 10.3 Å². The van der Waals surface area contributed by atoms with E-state index in [1.165, 1.54) is 0 Å². The van der Waals surface area contributed by atoms with Crippen molar-refractivity contribution in [2.24, 2.45) is 11.7 Å². The minimum atomic E-state index is -4.48. The van der Waals surface area contributed by atoms with Crippen molar-refractivity contribution in [2.75, 3.05) is 13.2 Å².